The van der Waals surface area contributed by atoms with Crippen molar-refractivity contribution >= 4 is 19.4 Å². The van der Waals surface area contributed by atoms with Gasteiger partial charge < -0.3 is 9.29 Å². The first-order valence-electron chi connectivity index (χ1n) is 6.26. The van der Waals surface area contributed by atoms with E-state index in [-0.39, 0.29) is 10.8 Å². The molecule has 0 aliphatic rings. The van der Waals surface area contributed by atoms with E-state index in [9.17, 15) is 4.55 Å². The maximum Gasteiger partial charge on any atom is 0.136 e. The van der Waals surface area contributed by atoms with Crippen LogP contribution in [0.15, 0.2) is 0 Å². The fraction of sp³-hybridized carbons (Fsp3) is 0.846. The molecule has 0 radical (unpaired) electrons. The van der Waals surface area contributed by atoms with Crippen LogP contribution in [0.2, 0.25) is 19.6 Å². The molecule has 1 N–H and O–H groups in total. The van der Waals surface area contributed by atoms with Gasteiger partial charge in [-0.25, -0.2) is 0 Å². The molecule has 0 aromatic rings. The van der Waals surface area contributed by atoms with Gasteiger partial charge in [-0.3, -0.25) is 0 Å². The highest BCUT2D eigenvalue weighted by atomic mass is 32.2. The molecule has 0 heterocycles. The number of ether oxygens (including phenoxy) is 1. The van der Waals surface area contributed by atoms with E-state index < -0.39 is 19.4 Å². The molecule has 0 rings (SSSR count). The third-order valence-corrected chi connectivity index (χ3v) is 4.54. The van der Waals surface area contributed by atoms with Crippen LogP contribution in [0.25, 0.3) is 0 Å². The molecular weight excluding hydrogens is 262 g/mol. The van der Waals surface area contributed by atoms with Gasteiger partial charge in [0.15, 0.2) is 0 Å². The van der Waals surface area contributed by atoms with E-state index >= 15 is 0 Å². The van der Waals surface area contributed by atoms with Gasteiger partial charge in [0.2, 0.25) is 0 Å². The first kappa shape index (κ1) is 18.0. The summed E-state index contributed by atoms with van der Waals surface area (Å²) in [5, 5.41) is 0. The molecule has 0 fully saturated rings. The van der Waals surface area contributed by atoms with Crippen LogP contribution in [0, 0.1) is 11.5 Å². The molecule has 0 bridgehead atoms. The number of nitrogens with one attached hydrogen (secondary N) is 1. The second-order valence-electron chi connectivity index (χ2n) is 6.35. The molecular formula is C13H27NO2SSi. The zero-order chi connectivity index (χ0) is 14.4. The number of methoxy groups -OCH3 is 1. The zero-order valence-electron chi connectivity index (χ0n) is 12.7. The number of rotatable bonds is 5. The lowest BCUT2D eigenvalue weighted by atomic mass is 10.2. The average Bonchev–Trinajstić information content (AvgIpc) is 2.19. The van der Waals surface area contributed by atoms with Crippen LogP contribution in [0.4, 0.5) is 0 Å². The summed E-state index contributed by atoms with van der Waals surface area (Å²) >= 11 is -1.09. The molecule has 0 aliphatic carbocycles. The predicted molar refractivity (Wildman–Crippen MR) is 82.4 cm³/mol. The van der Waals surface area contributed by atoms with E-state index in [0.717, 1.165) is 6.42 Å². The lowest BCUT2D eigenvalue weighted by molar-refractivity contribution is 0.191. The van der Waals surface area contributed by atoms with Crippen molar-refractivity contribution in [1.82, 2.24) is 4.72 Å². The minimum Gasteiger partial charge on any atom is -0.598 e. The van der Waals surface area contributed by atoms with Crippen molar-refractivity contribution in [2.75, 3.05) is 13.7 Å². The summed E-state index contributed by atoms with van der Waals surface area (Å²) in [7, 11) is 0.273. The second kappa shape index (κ2) is 7.56. The SMILES string of the molecule is COCC[C@H](C#C[Si](C)(C)C)N[S@+]([O-])C(C)(C)C. The van der Waals surface area contributed by atoms with Crippen molar-refractivity contribution < 1.29 is 9.29 Å². The van der Waals surface area contributed by atoms with Gasteiger partial charge in [-0.05, 0) is 20.8 Å². The van der Waals surface area contributed by atoms with E-state index in [1.807, 2.05) is 20.8 Å². The smallest absolute Gasteiger partial charge is 0.136 e. The van der Waals surface area contributed by atoms with Gasteiger partial charge in [0, 0.05) is 31.5 Å². The zero-order valence-corrected chi connectivity index (χ0v) is 14.5. The van der Waals surface area contributed by atoms with Crippen molar-refractivity contribution in [3.8, 4) is 11.5 Å². The topological polar surface area (TPSA) is 44.3 Å². The minimum absolute atomic E-state index is 0.0586. The molecule has 0 saturated heterocycles. The lowest BCUT2D eigenvalue weighted by Crippen LogP contribution is -2.44. The standard InChI is InChI=1S/C13H27NO2SSi/c1-13(2,3)17(15)14-12(8-10-16-4)9-11-18(5,6)7/h12,14H,8,10H2,1-7H3/t12-,17-/m1/s1. The molecule has 2 atom stereocenters. The molecule has 18 heavy (non-hydrogen) atoms. The molecule has 0 aromatic heterocycles. The quantitative estimate of drug-likeness (QED) is 0.480. The van der Waals surface area contributed by atoms with Crippen LogP contribution < -0.4 is 4.72 Å². The summed E-state index contributed by atoms with van der Waals surface area (Å²) in [5.74, 6) is 3.23. The Morgan fingerprint density at radius 3 is 2.28 bits per heavy atom. The predicted octanol–water partition coefficient (Wildman–Crippen LogP) is 2.32. The van der Waals surface area contributed by atoms with Crippen molar-refractivity contribution in [1.29, 1.82) is 0 Å². The maximum atomic E-state index is 12.1. The van der Waals surface area contributed by atoms with Crippen LogP contribution in [0.5, 0.6) is 0 Å². The normalized spacial score (nSPS) is 15.8. The van der Waals surface area contributed by atoms with Gasteiger partial charge in [0.05, 0.1) is 0 Å². The molecule has 0 saturated carbocycles. The van der Waals surface area contributed by atoms with Crippen LogP contribution in [-0.2, 0) is 16.1 Å². The molecule has 0 aliphatic heterocycles. The number of hydrogen-bond donors (Lipinski definition) is 1. The number of hydrogen-bond acceptors (Lipinski definition) is 3. The molecule has 0 unspecified atom stereocenters. The van der Waals surface area contributed by atoms with Crippen LogP contribution in [-0.4, -0.2) is 37.1 Å². The van der Waals surface area contributed by atoms with E-state index in [1.54, 1.807) is 7.11 Å². The Balaban J connectivity index is 4.63. The van der Waals surface area contributed by atoms with E-state index in [0.29, 0.717) is 6.61 Å². The van der Waals surface area contributed by atoms with Gasteiger partial charge in [-0.2, -0.15) is 0 Å². The molecule has 0 aromatic carbocycles. The van der Waals surface area contributed by atoms with Gasteiger partial charge >= 0.3 is 0 Å². The lowest BCUT2D eigenvalue weighted by Gasteiger charge is -2.26. The van der Waals surface area contributed by atoms with Gasteiger partial charge in [0.25, 0.3) is 0 Å². The fourth-order valence-electron chi connectivity index (χ4n) is 1.01. The summed E-state index contributed by atoms with van der Waals surface area (Å²) in [6, 6.07) is -0.0586. The van der Waals surface area contributed by atoms with Gasteiger partial charge in [-0.15, -0.1) is 10.3 Å². The van der Waals surface area contributed by atoms with Gasteiger partial charge in [0.1, 0.15) is 18.9 Å². The Morgan fingerprint density at radius 1 is 1.33 bits per heavy atom. The highest BCUT2D eigenvalue weighted by Gasteiger charge is 2.28. The monoisotopic (exact) mass is 289 g/mol. The Bertz CT molecular complexity index is 299. The molecule has 3 nitrogen and oxygen atoms in total. The maximum absolute atomic E-state index is 12.1. The minimum atomic E-state index is -1.40. The first-order chi connectivity index (χ1) is 8.06. The Kier molecular flexibility index (Phi) is 7.56. The van der Waals surface area contributed by atoms with E-state index in [4.69, 9.17) is 4.74 Å². The Hall–Kier alpha value is 0.00688. The molecule has 5 heteroatoms. The largest absolute Gasteiger partial charge is 0.598 e. The summed E-state index contributed by atoms with van der Waals surface area (Å²) in [4.78, 5) is 0. The first-order valence-corrected chi connectivity index (χ1v) is 10.9. The highest BCUT2D eigenvalue weighted by Crippen LogP contribution is 2.14. The summed E-state index contributed by atoms with van der Waals surface area (Å²) in [6.45, 7) is 13.1. The second-order valence-corrected chi connectivity index (χ2v) is 13.1. The van der Waals surface area contributed by atoms with E-state index in [2.05, 4.69) is 35.8 Å². The fourth-order valence-corrected chi connectivity index (χ4v) is 2.40. The highest BCUT2D eigenvalue weighted by molar-refractivity contribution is 7.90. The van der Waals surface area contributed by atoms with Crippen molar-refractivity contribution in [3.63, 3.8) is 0 Å². The Labute approximate surface area is 116 Å². The third kappa shape index (κ3) is 9.01. The summed E-state index contributed by atoms with van der Waals surface area (Å²) in [5.41, 5.74) is 3.32. The summed E-state index contributed by atoms with van der Waals surface area (Å²) in [6.07, 6.45) is 0.760. The van der Waals surface area contributed by atoms with Crippen molar-refractivity contribution in [2.24, 2.45) is 0 Å². The van der Waals surface area contributed by atoms with Crippen molar-refractivity contribution in [2.45, 2.75) is 57.6 Å². The molecule has 0 spiro atoms. The van der Waals surface area contributed by atoms with E-state index in [1.165, 1.54) is 0 Å². The van der Waals surface area contributed by atoms with Gasteiger partial charge in [-0.1, -0.05) is 25.6 Å². The van der Waals surface area contributed by atoms with Crippen molar-refractivity contribution in [3.05, 3.63) is 0 Å². The molecule has 106 valence electrons. The van der Waals surface area contributed by atoms with Crippen LogP contribution in [0.3, 0.4) is 0 Å². The van der Waals surface area contributed by atoms with Crippen LogP contribution in [0.1, 0.15) is 27.2 Å². The third-order valence-electron chi connectivity index (χ3n) is 2.04. The summed E-state index contributed by atoms with van der Waals surface area (Å²) < 4.78 is 20.0. The Morgan fingerprint density at radius 2 is 1.89 bits per heavy atom. The molecule has 0 amide bonds. The average molecular weight is 290 g/mol. The van der Waals surface area contributed by atoms with Crippen LogP contribution >= 0.6 is 0 Å².